The highest BCUT2D eigenvalue weighted by Crippen LogP contribution is 2.22. The van der Waals surface area contributed by atoms with Gasteiger partial charge in [0.2, 0.25) is 11.8 Å². The summed E-state index contributed by atoms with van der Waals surface area (Å²) < 4.78 is 0. The minimum Gasteiger partial charge on any atom is -0.355 e. The molecule has 1 aliphatic carbocycles. The summed E-state index contributed by atoms with van der Waals surface area (Å²) in [6.07, 6.45) is 5.93. The Bertz CT molecular complexity index is 281. The van der Waals surface area contributed by atoms with E-state index in [1.165, 1.54) is 0 Å². The van der Waals surface area contributed by atoms with Crippen LogP contribution in [0.4, 0.5) is 0 Å². The first-order chi connectivity index (χ1) is 8.65. The van der Waals surface area contributed by atoms with Crippen LogP contribution in [0.3, 0.4) is 0 Å². The predicted molar refractivity (Wildman–Crippen MR) is 70.9 cm³/mol. The van der Waals surface area contributed by atoms with Crippen molar-refractivity contribution < 1.29 is 9.59 Å². The van der Waals surface area contributed by atoms with Crippen molar-refractivity contribution in [1.29, 1.82) is 0 Å². The van der Waals surface area contributed by atoms with Crippen LogP contribution in [0.25, 0.3) is 0 Å². The third kappa shape index (κ3) is 5.04. The van der Waals surface area contributed by atoms with Crippen molar-refractivity contribution in [2.24, 2.45) is 11.7 Å². The monoisotopic (exact) mass is 255 g/mol. The quantitative estimate of drug-likeness (QED) is 0.627. The van der Waals surface area contributed by atoms with Gasteiger partial charge in [-0.25, -0.2) is 0 Å². The highest BCUT2D eigenvalue weighted by Gasteiger charge is 2.26. The number of nitrogens with one attached hydrogen (secondary N) is 2. The zero-order valence-electron chi connectivity index (χ0n) is 11.2. The molecule has 1 saturated carbocycles. The van der Waals surface area contributed by atoms with E-state index in [1.54, 1.807) is 0 Å². The average molecular weight is 255 g/mol. The fraction of sp³-hybridized carbons (Fsp3) is 0.846. The fourth-order valence-electron chi connectivity index (χ4n) is 2.29. The van der Waals surface area contributed by atoms with Gasteiger partial charge in [0.15, 0.2) is 0 Å². The highest BCUT2D eigenvalue weighted by atomic mass is 16.2. The molecule has 1 rings (SSSR count). The Kier molecular flexibility index (Phi) is 6.72. The van der Waals surface area contributed by atoms with E-state index >= 15 is 0 Å². The van der Waals surface area contributed by atoms with Crippen LogP contribution >= 0.6 is 0 Å². The number of carbonyl (C=O) groups is 2. The van der Waals surface area contributed by atoms with Gasteiger partial charge in [0, 0.05) is 12.6 Å². The Morgan fingerprint density at radius 3 is 2.61 bits per heavy atom. The summed E-state index contributed by atoms with van der Waals surface area (Å²) in [6, 6.07) is -0.0637. The van der Waals surface area contributed by atoms with Crippen molar-refractivity contribution in [3.63, 3.8) is 0 Å². The predicted octanol–water partition coefficient (Wildman–Crippen LogP) is 0.536. The Morgan fingerprint density at radius 1 is 1.17 bits per heavy atom. The van der Waals surface area contributed by atoms with Gasteiger partial charge in [-0.1, -0.05) is 26.2 Å². The van der Waals surface area contributed by atoms with Crippen molar-refractivity contribution in [2.75, 3.05) is 13.1 Å². The molecule has 0 aromatic rings. The molecule has 5 nitrogen and oxygen atoms in total. The van der Waals surface area contributed by atoms with Gasteiger partial charge in [0.25, 0.3) is 0 Å². The van der Waals surface area contributed by atoms with Crippen molar-refractivity contribution in [3.8, 4) is 0 Å². The molecular weight excluding hydrogens is 230 g/mol. The van der Waals surface area contributed by atoms with Gasteiger partial charge in [-0.3, -0.25) is 9.59 Å². The summed E-state index contributed by atoms with van der Waals surface area (Å²) in [4.78, 5) is 23.3. The van der Waals surface area contributed by atoms with Gasteiger partial charge in [-0.05, 0) is 19.3 Å². The molecule has 2 unspecified atom stereocenters. The molecule has 0 heterocycles. The number of nitrogens with two attached hydrogens (primary N) is 1. The van der Waals surface area contributed by atoms with Crippen LogP contribution in [0.15, 0.2) is 0 Å². The number of carbonyl (C=O) groups excluding carboxylic acids is 2. The maximum atomic E-state index is 12.0. The second-order valence-corrected chi connectivity index (χ2v) is 4.98. The number of amides is 2. The molecule has 0 saturated heterocycles. The van der Waals surface area contributed by atoms with E-state index in [0.29, 0.717) is 6.54 Å². The molecule has 1 aliphatic rings. The van der Waals surface area contributed by atoms with E-state index in [0.717, 1.165) is 38.5 Å². The molecule has 0 bridgehead atoms. The lowest BCUT2D eigenvalue weighted by molar-refractivity contribution is -0.129. The molecule has 1 fully saturated rings. The van der Waals surface area contributed by atoms with E-state index in [-0.39, 0.29) is 30.3 Å². The second-order valence-electron chi connectivity index (χ2n) is 4.98. The van der Waals surface area contributed by atoms with Crippen LogP contribution in [-0.2, 0) is 9.59 Å². The molecule has 2 atom stereocenters. The maximum absolute atomic E-state index is 12.0. The first-order valence-corrected chi connectivity index (χ1v) is 6.95. The fourth-order valence-corrected chi connectivity index (χ4v) is 2.29. The number of hydrogen-bond acceptors (Lipinski definition) is 3. The molecule has 0 aromatic heterocycles. The Morgan fingerprint density at radius 2 is 1.89 bits per heavy atom. The van der Waals surface area contributed by atoms with Crippen LogP contribution in [0, 0.1) is 5.92 Å². The van der Waals surface area contributed by atoms with Crippen molar-refractivity contribution in [2.45, 2.75) is 51.5 Å². The van der Waals surface area contributed by atoms with Gasteiger partial charge >= 0.3 is 0 Å². The zero-order valence-corrected chi connectivity index (χ0v) is 11.2. The SMILES string of the molecule is CCCNC(=O)CNC(=O)C1CCCCCC1N. The molecule has 104 valence electrons. The van der Waals surface area contributed by atoms with E-state index in [4.69, 9.17) is 5.73 Å². The van der Waals surface area contributed by atoms with Crippen molar-refractivity contribution >= 4 is 11.8 Å². The van der Waals surface area contributed by atoms with Gasteiger partial charge in [-0.15, -0.1) is 0 Å². The van der Waals surface area contributed by atoms with Crippen LogP contribution in [-0.4, -0.2) is 30.9 Å². The summed E-state index contributed by atoms with van der Waals surface area (Å²) >= 11 is 0. The minimum absolute atomic E-state index is 0.0576. The molecular formula is C13H25N3O2. The molecule has 0 aromatic carbocycles. The number of rotatable bonds is 5. The van der Waals surface area contributed by atoms with E-state index in [2.05, 4.69) is 10.6 Å². The lowest BCUT2D eigenvalue weighted by Crippen LogP contribution is -2.44. The molecule has 0 radical (unpaired) electrons. The Balaban J connectivity index is 2.32. The first-order valence-electron chi connectivity index (χ1n) is 6.95. The lowest BCUT2D eigenvalue weighted by atomic mass is 9.94. The molecule has 0 aliphatic heterocycles. The van der Waals surface area contributed by atoms with E-state index in [1.807, 2.05) is 6.92 Å². The minimum atomic E-state index is -0.133. The van der Waals surface area contributed by atoms with Crippen LogP contribution in [0.5, 0.6) is 0 Å². The summed E-state index contributed by atoms with van der Waals surface area (Å²) in [5, 5.41) is 5.42. The molecule has 2 amide bonds. The summed E-state index contributed by atoms with van der Waals surface area (Å²) in [5.41, 5.74) is 6.01. The van der Waals surface area contributed by atoms with Crippen LogP contribution < -0.4 is 16.4 Å². The summed E-state index contributed by atoms with van der Waals surface area (Å²) in [6.45, 7) is 2.70. The Labute approximate surface area is 109 Å². The highest BCUT2D eigenvalue weighted by molar-refractivity contribution is 5.86. The van der Waals surface area contributed by atoms with E-state index in [9.17, 15) is 9.59 Å². The maximum Gasteiger partial charge on any atom is 0.239 e. The standard InChI is InChI=1S/C13H25N3O2/c1-2-8-15-12(17)9-16-13(18)10-6-4-3-5-7-11(10)14/h10-11H,2-9,14H2,1H3,(H,15,17)(H,16,18). The molecule has 5 heteroatoms. The average Bonchev–Trinajstić information content (AvgIpc) is 2.58. The third-order valence-electron chi connectivity index (χ3n) is 3.40. The summed E-state index contributed by atoms with van der Waals surface area (Å²) in [7, 11) is 0. The zero-order chi connectivity index (χ0) is 13.4. The van der Waals surface area contributed by atoms with Crippen LogP contribution in [0.1, 0.15) is 45.4 Å². The smallest absolute Gasteiger partial charge is 0.239 e. The van der Waals surface area contributed by atoms with Crippen molar-refractivity contribution in [3.05, 3.63) is 0 Å². The molecule has 0 spiro atoms. The van der Waals surface area contributed by atoms with Crippen molar-refractivity contribution in [1.82, 2.24) is 10.6 Å². The van der Waals surface area contributed by atoms with E-state index < -0.39 is 0 Å². The summed E-state index contributed by atoms with van der Waals surface area (Å²) in [5.74, 6) is -0.338. The number of hydrogen-bond donors (Lipinski definition) is 3. The third-order valence-corrected chi connectivity index (χ3v) is 3.40. The van der Waals surface area contributed by atoms with Gasteiger partial charge < -0.3 is 16.4 Å². The second kappa shape index (κ2) is 8.08. The van der Waals surface area contributed by atoms with Crippen LogP contribution in [0.2, 0.25) is 0 Å². The topological polar surface area (TPSA) is 84.2 Å². The molecule has 4 N–H and O–H groups in total. The van der Waals surface area contributed by atoms with Gasteiger partial charge in [0.05, 0.1) is 12.5 Å². The lowest BCUT2D eigenvalue weighted by Gasteiger charge is -2.20. The first kappa shape index (κ1) is 15.0. The normalized spacial score (nSPS) is 24.1. The van der Waals surface area contributed by atoms with Gasteiger partial charge in [-0.2, -0.15) is 0 Å². The Hall–Kier alpha value is -1.10. The molecule has 18 heavy (non-hydrogen) atoms. The largest absolute Gasteiger partial charge is 0.355 e. The van der Waals surface area contributed by atoms with Gasteiger partial charge in [0.1, 0.15) is 0 Å².